The number of benzene rings is 2. The highest BCUT2D eigenvalue weighted by atomic mass is 32.2. The van der Waals surface area contributed by atoms with Crippen molar-refractivity contribution in [2.45, 2.75) is 11.0 Å². The summed E-state index contributed by atoms with van der Waals surface area (Å²) in [6.45, 7) is 0.173. The summed E-state index contributed by atoms with van der Waals surface area (Å²) in [5.41, 5.74) is 0.768. The Kier molecular flexibility index (Phi) is 5.78. The fraction of sp³-hybridized carbons (Fsp3) is 0.188. The molecule has 2 N–H and O–H groups in total. The highest BCUT2D eigenvalue weighted by Gasteiger charge is 2.09. The van der Waals surface area contributed by atoms with Gasteiger partial charge in [-0.1, -0.05) is 30.3 Å². The van der Waals surface area contributed by atoms with Crippen molar-refractivity contribution in [2.24, 2.45) is 0 Å². The summed E-state index contributed by atoms with van der Waals surface area (Å²) in [4.78, 5) is 12.5. The molecule has 21 heavy (non-hydrogen) atoms. The Hall–Kier alpha value is -1.85. The number of aliphatic hydroxyl groups is 1. The zero-order valence-corrected chi connectivity index (χ0v) is 12.1. The van der Waals surface area contributed by atoms with Crippen molar-refractivity contribution < 1.29 is 14.3 Å². The van der Waals surface area contributed by atoms with E-state index in [1.165, 1.54) is 23.9 Å². The standard InChI is InChI=1S/C16H16FNO2S/c17-13-6-8-14(9-7-13)21-11-16(20)18-10-15(19)12-4-2-1-3-5-12/h1-9,15,19H,10-11H2,(H,18,20). The number of nitrogens with one attached hydrogen (secondary N) is 1. The molecule has 0 aromatic heterocycles. The third kappa shape index (κ3) is 5.21. The third-order valence-corrected chi connectivity index (χ3v) is 3.87. The molecule has 0 fully saturated rings. The second-order valence-electron chi connectivity index (χ2n) is 4.47. The van der Waals surface area contributed by atoms with Gasteiger partial charge in [-0.25, -0.2) is 4.39 Å². The summed E-state index contributed by atoms with van der Waals surface area (Å²) in [6, 6.07) is 15.1. The van der Waals surface area contributed by atoms with Crippen molar-refractivity contribution in [3.05, 3.63) is 66.0 Å². The van der Waals surface area contributed by atoms with Gasteiger partial charge < -0.3 is 10.4 Å². The number of hydrogen-bond acceptors (Lipinski definition) is 3. The smallest absolute Gasteiger partial charge is 0.230 e. The van der Waals surface area contributed by atoms with E-state index in [1.807, 2.05) is 30.3 Å². The summed E-state index contributed by atoms with van der Waals surface area (Å²) in [7, 11) is 0. The minimum Gasteiger partial charge on any atom is -0.387 e. The molecule has 0 spiro atoms. The van der Waals surface area contributed by atoms with Crippen molar-refractivity contribution in [2.75, 3.05) is 12.3 Å². The van der Waals surface area contributed by atoms with Gasteiger partial charge in [0.1, 0.15) is 5.82 Å². The predicted molar refractivity (Wildman–Crippen MR) is 81.5 cm³/mol. The van der Waals surface area contributed by atoms with Gasteiger partial charge in [0.05, 0.1) is 11.9 Å². The van der Waals surface area contributed by atoms with Crippen LogP contribution in [0.3, 0.4) is 0 Å². The molecule has 0 radical (unpaired) electrons. The summed E-state index contributed by atoms with van der Waals surface area (Å²) < 4.78 is 12.7. The second kappa shape index (κ2) is 7.81. The molecule has 2 aromatic carbocycles. The minimum atomic E-state index is -0.717. The van der Waals surface area contributed by atoms with Gasteiger partial charge in [-0.05, 0) is 29.8 Å². The highest BCUT2D eigenvalue weighted by molar-refractivity contribution is 8.00. The summed E-state index contributed by atoms with van der Waals surface area (Å²) in [5.74, 6) is -0.234. The molecule has 0 heterocycles. The molecular weight excluding hydrogens is 289 g/mol. The lowest BCUT2D eigenvalue weighted by Gasteiger charge is -2.12. The fourth-order valence-electron chi connectivity index (χ4n) is 1.73. The Balaban J connectivity index is 1.73. The Morgan fingerprint density at radius 3 is 2.48 bits per heavy atom. The first kappa shape index (κ1) is 15.5. The molecule has 1 unspecified atom stereocenters. The van der Waals surface area contributed by atoms with Crippen molar-refractivity contribution in [3.8, 4) is 0 Å². The maximum atomic E-state index is 12.7. The molecule has 0 aliphatic rings. The van der Waals surface area contributed by atoms with E-state index in [4.69, 9.17) is 0 Å². The van der Waals surface area contributed by atoms with Gasteiger partial charge in [-0.2, -0.15) is 0 Å². The van der Waals surface area contributed by atoms with Crippen LogP contribution < -0.4 is 5.32 Å². The van der Waals surface area contributed by atoms with E-state index >= 15 is 0 Å². The molecule has 5 heteroatoms. The van der Waals surface area contributed by atoms with Crippen molar-refractivity contribution in [1.82, 2.24) is 5.32 Å². The van der Waals surface area contributed by atoms with E-state index in [9.17, 15) is 14.3 Å². The van der Waals surface area contributed by atoms with Crippen LogP contribution in [0.1, 0.15) is 11.7 Å². The van der Waals surface area contributed by atoms with E-state index < -0.39 is 6.10 Å². The molecule has 0 saturated heterocycles. The Morgan fingerprint density at radius 1 is 1.14 bits per heavy atom. The quantitative estimate of drug-likeness (QED) is 0.807. The number of thioether (sulfide) groups is 1. The molecule has 3 nitrogen and oxygen atoms in total. The number of carbonyl (C=O) groups is 1. The average molecular weight is 305 g/mol. The Morgan fingerprint density at radius 2 is 1.81 bits per heavy atom. The van der Waals surface area contributed by atoms with Crippen LogP contribution in [0.4, 0.5) is 4.39 Å². The van der Waals surface area contributed by atoms with Crippen LogP contribution in [0, 0.1) is 5.82 Å². The van der Waals surface area contributed by atoms with E-state index in [0.29, 0.717) is 0 Å². The molecule has 1 amide bonds. The van der Waals surface area contributed by atoms with Crippen molar-refractivity contribution in [1.29, 1.82) is 0 Å². The zero-order valence-electron chi connectivity index (χ0n) is 11.3. The van der Waals surface area contributed by atoms with Crippen LogP contribution in [0.15, 0.2) is 59.5 Å². The van der Waals surface area contributed by atoms with E-state index in [-0.39, 0.29) is 24.0 Å². The minimum absolute atomic E-state index is 0.167. The zero-order chi connectivity index (χ0) is 15.1. The molecule has 2 rings (SSSR count). The maximum absolute atomic E-state index is 12.7. The van der Waals surface area contributed by atoms with Crippen molar-refractivity contribution >= 4 is 17.7 Å². The summed E-state index contributed by atoms with van der Waals surface area (Å²) >= 11 is 1.32. The predicted octanol–water partition coefficient (Wildman–Crippen LogP) is 2.77. The van der Waals surface area contributed by atoms with Gasteiger partial charge in [0.2, 0.25) is 5.91 Å². The molecule has 0 aliphatic carbocycles. The maximum Gasteiger partial charge on any atom is 0.230 e. The van der Waals surface area contributed by atoms with Crippen LogP contribution in [0.2, 0.25) is 0 Å². The van der Waals surface area contributed by atoms with Gasteiger partial charge in [-0.3, -0.25) is 4.79 Å². The van der Waals surface area contributed by atoms with Crippen LogP contribution in [0.5, 0.6) is 0 Å². The lowest BCUT2D eigenvalue weighted by molar-refractivity contribution is -0.119. The van der Waals surface area contributed by atoms with E-state index in [1.54, 1.807) is 12.1 Å². The Bertz CT molecular complexity index is 575. The van der Waals surface area contributed by atoms with Crippen LogP contribution in [0.25, 0.3) is 0 Å². The second-order valence-corrected chi connectivity index (χ2v) is 5.52. The highest BCUT2D eigenvalue weighted by Crippen LogP contribution is 2.17. The molecule has 1 atom stereocenters. The molecule has 0 bridgehead atoms. The SMILES string of the molecule is O=C(CSc1ccc(F)cc1)NCC(O)c1ccccc1. The Labute approximate surface area is 127 Å². The first-order valence-corrected chi connectivity index (χ1v) is 7.52. The topological polar surface area (TPSA) is 49.3 Å². The lowest BCUT2D eigenvalue weighted by atomic mass is 10.1. The van der Waals surface area contributed by atoms with E-state index in [0.717, 1.165) is 10.5 Å². The first-order chi connectivity index (χ1) is 10.1. The number of hydrogen-bond donors (Lipinski definition) is 2. The van der Waals surface area contributed by atoms with E-state index in [2.05, 4.69) is 5.32 Å². The normalized spacial score (nSPS) is 11.9. The molecular formula is C16H16FNO2S. The summed E-state index contributed by atoms with van der Waals surface area (Å²) in [5, 5.41) is 12.6. The number of carbonyl (C=O) groups excluding carboxylic acids is 1. The van der Waals surface area contributed by atoms with Crippen LogP contribution in [-0.2, 0) is 4.79 Å². The molecule has 0 saturated carbocycles. The number of rotatable bonds is 6. The first-order valence-electron chi connectivity index (χ1n) is 6.53. The van der Waals surface area contributed by atoms with Crippen LogP contribution in [-0.4, -0.2) is 23.3 Å². The number of aliphatic hydroxyl groups excluding tert-OH is 1. The van der Waals surface area contributed by atoms with Gasteiger partial charge in [0.15, 0.2) is 0 Å². The molecule has 110 valence electrons. The third-order valence-electron chi connectivity index (χ3n) is 2.86. The fourth-order valence-corrected chi connectivity index (χ4v) is 2.46. The van der Waals surface area contributed by atoms with Gasteiger partial charge in [0, 0.05) is 11.4 Å². The largest absolute Gasteiger partial charge is 0.387 e. The van der Waals surface area contributed by atoms with Gasteiger partial charge in [0.25, 0.3) is 0 Å². The van der Waals surface area contributed by atoms with Crippen LogP contribution >= 0.6 is 11.8 Å². The summed E-state index contributed by atoms with van der Waals surface area (Å²) in [6.07, 6.45) is -0.717. The molecule has 0 aliphatic heterocycles. The monoisotopic (exact) mass is 305 g/mol. The number of halogens is 1. The van der Waals surface area contributed by atoms with Gasteiger partial charge >= 0.3 is 0 Å². The number of amides is 1. The molecule has 2 aromatic rings. The van der Waals surface area contributed by atoms with Gasteiger partial charge in [-0.15, -0.1) is 11.8 Å². The lowest BCUT2D eigenvalue weighted by Crippen LogP contribution is -2.29. The average Bonchev–Trinajstić information content (AvgIpc) is 2.53. The van der Waals surface area contributed by atoms with Crippen molar-refractivity contribution in [3.63, 3.8) is 0 Å².